The number of ether oxygens (including phenoxy) is 3. The molecule has 0 bridgehead atoms. The Labute approximate surface area is 203 Å². The van der Waals surface area contributed by atoms with Gasteiger partial charge in [0.05, 0.1) is 19.6 Å². The lowest BCUT2D eigenvalue weighted by molar-refractivity contribution is 0.241. The van der Waals surface area contributed by atoms with Gasteiger partial charge in [-0.1, -0.05) is 72.8 Å². The minimum Gasteiger partial charge on any atom is -0.493 e. The highest BCUT2D eigenvalue weighted by Crippen LogP contribution is 2.39. The molecule has 1 aromatic heterocycles. The van der Waals surface area contributed by atoms with Gasteiger partial charge < -0.3 is 18.6 Å². The fraction of sp³-hybridized carbons (Fsp3) is 0.100. The number of methoxy groups -OCH3 is 2. The van der Waals surface area contributed by atoms with Gasteiger partial charge in [0.2, 0.25) is 11.2 Å². The molecule has 5 heteroatoms. The maximum absolute atomic E-state index is 13.8. The van der Waals surface area contributed by atoms with Gasteiger partial charge in [0.25, 0.3) is 0 Å². The summed E-state index contributed by atoms with van der Waals surface area (Å²) in [5, 5.41) is 0.451. The maximum Gasteiger partial charge on any atom is 0.235 e. The van der Waals surface area contributed by atoms with Crippen molar-refractivity contribution in [3.05, 3.63) is 124 Å². The third kappa shape index (κ3) is 4.36. The van der Waals surface area contributed by atoms with E-state index in [0.29, 0.717) is 33.8 Å². The lowest BCUT2D eigenvalue weighted by Crippen LogP contribution is -2.16. The van der Waals surface area contributed by atoms with Crippen LogP contribution in [0.25, 0.3) is 22.3 Å². The van der Waals surface area contributed by atoms with Gasteiger partial charge in [0, 0.05) is 5.56 Å². The molecule has 0 aliphatic heterocycles. The number of rotatable bonds is 7. The van der Waals surface area contributed by atoms with Crippen molar-refractivity contribution in [2.45, 2.75) is 6.10 Å². The second kappa shape index (κ2) is 9.77. The molecule has 0 amide bonds. The number of fused-ring (bicyclic) bond motifs is 1. The maximum atomic E-state index is 13.8. The van der Waals surface area contributed by atoms with Gasteiger partial charge in [-0.2, -0.15) is 0 Å². The zero-order valence-electron chi connectivity index (χ0n) is 19.4. The van der Waals surface area contributed by atoms with Crippen LogP contribution in [0.4, 0.5) is 0 Å². The fourth-order valence-corrected chi connectivity index (χ4v) is 4.10. The molecule has 0 N–H and O–H groups in total. The number of hydrogen-bond donors (Lipinski definition) is 0. The molecule has 0 unspecified atom stereocenters. The summed E-state index contributed by atoms with van der Waals surface area (Å²) in [6.07, 6.45) is -0.514. The molecule has 0 saturated heterocycles. The second-order valence-electron chi connectivity index (χ2n) is 7.97. The molecule has 5 nitrogen and oxygen atoms in total. The Hall–Kier alpha value is -4.51. The van der Waals surface area contributed by atoms with Crippen LogP contribution in [0.5, 0.6) is 17.2 Å². The van der Waals surface area contributed by atoms with Gasteiger partial charge >= 0.3 is 0 Å². The molecule has 0 aliphatic carbocycles. The topological polar surface area (TPSA) is 57.9 Å². The predicted molar refractivity (Wildman–Crippen MR) is 136 cm³/mol. The molecule has 0 atom stereocenters. The predicted octanol–water partition coefficient (Wildman–Crippen LogP) is 6.65. The van der Waals surface area contributed by atoms with Crippen molar-refractivity contribution in [3.8, 4) is 28.6 Å². The van der Waals surface area contributed by atoms with E-state index in [1.54, 1.807) is 38.5 Å². The van der Waals surface area contributed by atoms with Crippen LogP contribution >= 0.6 is 0 Å². The SMILES string of the molecule is COc1ccc(-c2oc3ccccc3c(=O)c2OC(c2ccccc2)c2ccccc2)cc1OC. The van der Waals surface area contributed by atoms with Crippen LogP contribution in [-0.2, 0) is 0 Å². The van der Waals surface area contributed by atoms with Crippen molar-refractivity contribution < 1.29 is 18.6 Å². The van der Waals surface area contributed by atoms with Crippen LogP contribution in [0.3, 0.4) is 0 Å². The first kappa shape index (κ1) is 22.3. The van der Waals surface area contributed by atoms with Crippen LogP contribution in [-0.4, -0.2) is 14.2 Å². The molecular formula is C30H24O5. The smallest absolute Gasteiger partial charge is 0.235 e. The van der Waals surface area contributed by atoms with Gasteiger partial charge in [0.1, 0.15) is 11.7 Å². The largest absolute Gasteiger partial charge is 0.493 e. The van der Waals surface area contributed by atoms with Crippen molar-refractivity contribution in [3.63, 3.8) is 0 Å². The van der Waals surface area contributed by atoms with E-state index in [1.807, 2.05) is 78.9 Å². The number of benzene rings is 4. The lowest BCUT2D eigenvalue weighted by atomic mass is 10.0. The third-order valence-electron chi connectivity index (χ3n) is 5.84. The first-order valence-corrected chi connectivity index (χ1v) is 11.2. The van der Waals surface area contributed by atoms with E-state index in [0.717, 1.165) is 11.1 Å². The van der Waals surface area contributed by atoms with Crippen molar-refractivity contribution in [2.24, 2.45) is 0 Å². The Kier molecular flexibility index (Phi) is 6.22. The normalized spacial score (nSPS) is 10.9. The average Bonchev–Trinajstić information content (AvgIpc) is 2.93. The Morgan fingerprint density at radius 2 is 1.29 bits per heavy atom. The van der Waals surface area contributed by atoms with E-state index in [1.165, 1.54) is 0 Å². The van der Waals surface area contributed by atoms with E-state index in [9.17, 15) is 4.79 Å². The molecule has 5 rings (SSSR count). The van der Waals surface area contributed by atoms with Crippen LogP contribution in [0, 0.1) is 0 Å². The summed E-state index contributed by atoms with van der Waals surface area (Å²) < 4.78 is 23.7. The summed E-state index contributed by atoms with van der Waals surface area (Å²) in [6, 6.07) is 32.2. The van der Waals surface area contributed by atoms with Gasteiger partial charge in [-0.3, -0.25) is 4.79 Å². The Morgan fingerprint density at radius 3 is 1.91 bits per heavy atom. The van der Waals surface area contributed by atoms with Gasteiger partial charge in [-0.15, -0.1) is 0 Å². The van der Waals surface area contributed by atoms with E-state index in [-0.39, 0.29) is 11.2 Å². The summed E-state index contributed by atoms with van der Waals surface area (Å²) in [7, 11) is 3.14. The van der Waals surface area contributed by atoms with Gasteiger partial charge in [-0.05, 0) is 41.5 Å². The van der Waals surface area contributed by atoms with Crippen molar-refractivity contribution >= 4 is 11.0 Å². The first-order chi connectivity index (χ1) is 17.2. The molecule has 0 aliphatic rings. The number of hydrogen-bond acceptors (Lipinski definition) is 5. The standard InChI is InChI=1S/C30H24O5/c1-32-25-18-17-22(19-26(25)33-2)29-30(27(31)23-15-9-10-16-24(23)34-29)35-28(20-11-5-3-6-12-20)21-13-7-4-8-14-21/h3-19,28H,1-2H3. The summed E-state index contributed by atoms with van der Waals surface area (Å²) in [5.41, 5.74) is 2.72. The third-order valence-corrected chi connectivity index (χ3v) is 5.84. The molecule has 174 valence electrons. The monoisotopic (exact) mass is 464 g/mol. The Bertz CT molecular complexity index is 1470. The highest BCUT2D eigenvalue weighted by molar-refractivity contribution is 5.82. The second-order valence-corrected chi connectivity index (χ2v) is 7.97. The summed E-state index contributed by atoms with van der Waals surface area (Å²) in [6.45, 7) is 0. The average molecular weight is 465 g/mol. The molecule has 0 fully saturated rings. The lowest BCUT2D eigenvalue weighted by Gasteiger charge is -2.21. The minimum atomic E-state index is -0.514. The van der Waals surface area contributed by atoms with Gasteiger partial charge in [0.15, 0.2) is 17.3 Å². The zero-order valence-corrected chi connectivity index (χ0v) is 19.4. The summed E-state index contributed by atoms with van der Waals surface area (Å²) >= 11 is 0. The quantitative estimate of drug-likeness (QED) is 0.270. The zero-order chi connectivity index (χ0) is 24.2. The summed E-state index contributed by atoms with van der Waals surface area (Å²) in [5.74, 6) is 1.56. The molecule has 0 spiro atoms. The first-order valence-electron chi connectivity index (χ1n) is 11.2. The van der Waals surface area contributed by atoms with Crippen LogP contribution in [0.1, 0.15) is 17.2 Å². The highest BCUT2D eigenvalue weighted by atomic mass is 16.5. The molecule has 5 aromatic rings. The molecule has 4 aromatic carbocycles. The molecular weight excluding hydrogens is 440 g/mol. The molecule has 0 radical (unpaired) electrons. The van der Waals surface area contributed by atoms with Crippen LogP contribution in [0.2, 0.25) is 0 Å². The molecule has 0 saturated carbocycles. The Morgan fingerprint density at radius 1 is 0.686 bits per heavy atom. The van der Waals surface area contributed by atoms with E-state index < -0.39 is 6.10 Å². The van der Waals surface area contributed by atoms with E-state index >= 15 is 0 Å². The highest BCUT2D eigenvalue weighted by Gasteiger charge is 2.24. The molecule has 35 heavy (non-hydrogen) atoms. The van der Waals surface area contributed by atoms with E-state index in [2.05, 4.69) is 0 Å². The van der Waals surface area contributed by atoms with Crippen LogP contribution in [0.15, 0.2) is 112 Å². The summed E-state index contributed by atoms with van der Waals surface area (Å²) in [4.78, 5) is 13.8. The molecule has 1 heterocycles. The number of para-hydroxylation sites is 1. The van der Waals surface area contributed by atoms with Crippen molar-refractivity contribution in [2.75, 3.05) is 14.2 Å². The Balaban J connectivity index is 1.73. The van der Waals surface area contributed by atoms with Crippen LogP contribution < -0.4 is 19.6 Å². The van der Waals surface area contributed by atoms with E-state index in [4.69, 9.17) is 18.6 Å². The van der Waals surface area contributed by atoms with Crippen molar-refractivity contribution in [1.82, 2.24) is 0 Å². The fourth-order valence-electron chi connectivity index (χ4n) is 4.10. The minimum absolute atomic E-state index is 0.133. The van der Waals surface area contributed by atoms with Gasteiger partial charge in [-0.25, -0.2) is 0 Å². The van der Waals surface area contributed by atoms with Crippen molar-refractivity contribution in [1.29, 1.82) is 0 Å².